The highest BCUT2D eigenvalue weighted by atomic mass is 14.3. The maximum absolute atomic E-state index is 2.61. The predicted octanol–water partition coefficient (Wildman–Crippen LogP) is 20.5. The third-order valence-corrected chi connectivity index (χ3v) is 16.4. The summed E-state index contributed by atoms with van der Waals surface area (Å²) < 4.78 is 0. The second-order valence-electron chi connectivity index (χ2n) is 20.5. The predicted molar refractivity (Wildman–Crippen MR) is 319 cm³/mol. The topological polar surface area (TPSA) is 0 Å². The van der Waals surface area contributed by atoms with Gasteiger partial charge in [0.15, 0.2) is 0 Å². The minimum Gasteiger partial charge on any atom is -0.0836 e. The van der Waals surface area contributed by atoms with Crippen LogP contribution in [0.4, 0.5) is 0 Å². The van der Waals surface area contributed by atoms with Crippen LogP contribution in [-0.4, -0.2) is 0 Å². The van der Waals surface area contributed by atoms with Crippen molar-refractivity contribution in [1.82, 2.24) is 0 Å². The fourth-order valence-corrected chi connectivity index (χ4v) is 12.8. The largest absolute Gasteiger partial charge is 0.0836 e. The van der Waals surface area contributed by atoms with Gasteiger partial charge in [-0.1, -0.05) is 231 Å². The first-order chi connectivity index (χ1) is 36.7. The molecule has 0 fully saturated rings. The minimum atomic E-state index is 0.241. The maximum Gasteiger partial charge on any atom is 0.00649 e. The zero-order valence-electron chi connectivity index (χ0n) is 41.0. The summed E-state index contributed by atoms with van der Waals surface area (Å²) in [6, 6.07) is 86.6. The molecule has 0 saturated carbocycles. The lowest BCUT2D eigenvalue weighted by Crippen LogP contribution is -2.07. The van der Waals surface area contributed by atoms with E-state index in [9.17, 15) is 0 Å². The van der Waals surface area contributed by atoms with E-state index in [2.05, 4.69) is 261 Å². The van der Waals surface area contributed by atoms with Gasteiger partial charge >= 0.3 is 0 Å². The highest BCUT2D eigenvalue weighted by molar-refractivity contribution is 6.18. The van der Waals surface area contributed by atoms with Crippen molar-refractivity contribution < 1.29 is 0 Å². The van der Waals surface area contributed by atoms with E-state index in [4.69, 9.17) is 0 Å². The number of rotatable bonds is 6. The van der Waals surface area contributed by atoms with Crippen molar-refractivity contribution in [2.24, 2.45) is 0 Å². The van der Waals surface area contributed by atoms with Gasteiger partial charge < -0.3 is 0 Å². The van der Waals surface area contributed by atoms with Gasteiger partial charge in [-0.3, -0.25) is 0 Å². The molecule has 0 heteroatoms. The van der Waals surface area contributed by atoms with Crippen LogP contribution in [0.25, 0.3) is 132 Å². The molecule has 2 aliphatic rings. The second-order valence-corrected chi connectivity index (χ2v) is 20.5. The van der Waals surface area contributed by atoms with E-state index < -0.39 is 0 Å². The normalized spacial score (nSPS) is 14.4. The molecule has 0 amide bonds. The van der Waals surface area contributed by atoms with E-state index in [1.54, 1.807) is 0 Å². The molecule has 1 atom stereocenters. The summed E-state index contributed by atoms with van der Waals surface area (Å²) in [7, 11) is 0. The molecule has 0 spiro atoms. The quantitative estimate of drug-likeness (QED) is 0.115. The van der Waals surface area contributed by atoms with Crippen molar-refractivity contribution in [3.05, 3.63) is 277 Å². The van der Waals surface area contributed by atoms with E-state index >= 15 is 0 Å². The van der Waals surface area contributed by atoms with Gasteiger partial charge in [-0.15, -0.1) is 0 Å². The van der Waals surface area contributed by atoms with Crippen LogP contribution in [0.3, 0.4) is 0 Å². The van der Waals surface area contributed by atoms with Crippen LogP contribution in [-0.2, 0) is 6.42 Å². The molecule has 74 heavy (non-hydrogen) atoms. The number of hydrogen-bond acceptors (Lipinski definition) is 0. The van der Waals surface area contributed by atoms with E-state index in [1.807, 2.05) is 0 Å². The SMILES string of the molecule is C1=Cc2c(c(C3C=C(c4c5cccc(-c6cccc(-c7ccc8c(ccc9ccccc98)c7)c6)c5cc5cccc(-c6cccc(-c7ccc8c(ccc9ccccc98)c7)c6)c45)C=CC3)cc3ccccc23)CC1. The molecule has 0 bridgehead atoms. The molecule has 0 aliphatic heterocycles. The first kappa shape index (κ1) is 42.6. The van der Waals surface area contributed by atoms with Gasteiger partial charge in [0.25, 0.3) is 0 Å². The smallest absolute Gasteiger partial charge is 0.00649 e. The van der Waals surface area contributed by atoms with Crippen molar-refractivity contribution in [3.8, 4) is 44.5 Å². The molecule has 0 aromatic heterocycles. The number of allylic oxidation sites excluding steroid dienone is 5. The molecule has 0 nitrogen and oxygen atoms in total. The van der Waals surface area contributed by atoms with Crippen LogP contribution in [0.5, 0.6) is 0 Å². The molecule has 0 radical (unpaired) electrons. The van der Waals surface area contributed by atoms with Crippen LogP contribution in [0.1, 0.15) is 41.0 Å². The highest BCUT2D eigenvalue weighted by Crippen LogP contribution is 2.47. The van der Waals surface area contributed by atoms with Crippen molar-refractivity contribution >= 4 is 87.1 Å². The second kappa shape index (κ2) is 17.3. The Bertz CT molecular complexity index is 4570. The molecule has 15 rings (SSSR count). The van der Waals surface area contributed by atoms with E-state index in [0.717, 1.165) is 19.3 Å². The minimum absolute atomic E-state index is 0.241. The van der Waals surface area contributed by atoms with E-state index in [-0.39, 0.29) is 5.92 Å². The monoisotopic (exact) mass is 938 g/mol. The van der Waals surface area contributed by atoms with Crippen molar-refractivity contribution in [2.75, 3.05) is 0 Å². The summed E-state index contributed by atoms with van der Waals surface area (Å²) in [6.07, 6.45) is 15.3. The first-order valence-corrected chi connectivity index (χ1v) is 26.3. The number of fused-ring (bicyclic) bond motifs is 11. The van der Waals surface area contributed by atoms with Gasteiger partial charge in [-0.05, 0) is 197 Å². The molecule has 0 N–H and O–H groups in total. The molecular weight excluding hydrogens is 889 g/mol. The van der Waals surface area contributed by atoms with Crippen LogP contribution in [0.15, 0.2) is 255 Å². The molecule has 13 aromatic carbocycles. The Hall–Kier alpha value is -9.10. The molecular formula is C74H50. The Morgan fingerprint density at radius 3 is 1.57 bits per heavy atom. The molecule has 13 aromatic rings. The maximum atomic E-state index is 2.61. The lowest BCUT2D eigenvalue weighted by molar-refractivity contribution is 0.828. The zero-order valence-corrected chi connectivity index (χ0v) is 41.0. The molecule has 0 saturated heterocycles. The molecule has 346 valence electrons. The average Bonchev–Trinajstić information content (AvgIpc) is 3.49. The Kier molecular flexibility index (Phi) is 9.95. The van der Waals surface area contributed by atoms with E-state index in [0.29, 0.717) is 0 Å². The van der Waals surface area contributed by atoms with Gasteiger partial charge in [0.05, 0.1) is 0 Å². The summed E-state index contributed by atoms with van der Waals surface area (Å²) in [5.41, 5.74) is 16.7. The Morgan fingerprint density at radius 2 is 0.851 bits per heavy atom. The average molecular weight is 939 g/mol. The van der Waals surface area contributed by atoms with Crippen LogP contribution in [0.2, 0.25) is 0 Å². The van der Waals surface area contributed by atoms with Gasteiger partial charge in [0, 0.05) is 5.92 Å². The Morgan fingerprint density at radius 1 is 0.324 bits per heavy atom. The Balaban J connectivity index is 0.918. The summed E-state index contributed by atoms with van der Waals surface area (Å²) >= 11 is 0. The summed E-state index contributed by atoms with van der Waals surface area (Å²) in [4.78, 5) is 0. The summed E-state index contributed by atoms with van der Waals surface area (Å²) in [5, 5.41) is 17.9. The summed E-state index contributed by atoms with van der Waals surface area (Å²) in [6.45, 7) is 0. The van der Waals surface area contributed by atoms with E-state index in [1.165, 1.54) is 148 Å². The zero-order chi connectivity index (χ0) is 48.7. The van der Waals surface area contributed by atoms with Crippen molar-refractivity contribution in [2.45, 2.75) is 25.2 Å². The third kappa shape index (κ3) is 7.05. The fourth-order valence-electron chi connectivity index (χ4n) is 12.8. The van der Waals surface area contributed by atoms with Crippen LogP contribution in [0, 0.1) is 0 Å². The van der Waals surface area contributed by atoms with Gasteiger partial charge in [0.2, 0.25) is 0 Å². The van der Waals surface area contributed by atoms with Gasteiger partial charge in [-0.25, -0.2) is 0 Å². The summed E-state index contributed by atoms with van der Waals surface area (Å²) in [5.74, 6) is 0.241. The number of benzene rings is 13. The van der Waals surface area contributed by atoms with Gasteiger partial charge in [0.1, 0.15) is 0 Å². The lowest BCUT2D eigenvalue weighted by atomic mass is 9.78. The standard InChI is InChI=1S/C74H50/c1-4-24-61-47(14-1)32-34-57-42-51(36-38-65(57)61)49-17-9-19-53(40-49)64-29-13-31-70-72(64)46-60-23-12-30-67(54-20-10-18-50(41-54)52-37-39-66-58(43-52)35-33-48-15-2-5-25-62(48)66)73(60)74(70)59-22-11-21-55(44-59)71-45-56-16-3-6-26-63(56)68-27-7-8-28-69(68)71/h1-7,9-20,22-27,29-46,55H,8,21,28H2. The fraction of sp³-hybridized carbons (Fsp3) is 0.0541. The van der Waals surface area contributed by atoms with Crippen LogP contribution >= 0.6 is 0 Å². The van der Waals surface area contributed by atoms with Gasteiger partial charge in [-0.2, -0.15) is 0 Å². The molecule has 1 unspecified atom stereocenters. The first-order valence-electron chi connectivity index (χ1n) is 26.3. The lowest BCUT2D eigenvalue weighted by Gasteiger charge is -2.26. The number of hydrogen-bond donors (Lipinski definition) is 0. The highest BCUT2D eigenvalue weighted by Gasteiger charge is 2.24. The Labute approximate surface area is 431 Å². The van der Waals surface area contributed by atoms with Crippen LogP contribution < -0.4 is 0 Å². The third-order valence-electron chi connectivity index (χ3n) is 16.4. The molecule has 0 heterocycles. The van der Waals surface area contributed by atoms with Crippen molar-refractivity contribution in [1.29, 1.82) is 0 Å². The molecule has 2 aliphatic carbocycles. The van der Waals surface area contributed by atoms with Crippen molar-refractivity contribution in [3.63, 3.8) is 0 Å².